The fraction of sp³-hybridized carbons (Fsp3) is 1.00. The number of hydrogen-bond acceptors (Lipinski definition) is 3. The molecular weight excluding hydrogens is 579 g/mol. The van der Waals surface area contributed by atoms with E-state index in [-0.39, 0.29) is 21.3 Å². The Balaban J connectivity index is 6.49. The molecule has 0 aliphatic rings. The van der Waals surface area contributed by atoms with Gasteiger partial charge in [0, 0.05) is 34.2 Å². The summed E-state index contributed by atoms with van der Waals surface area (Å²) < 4.78 is 242. The predicted molar refractivity (Wildman–Crippen MR) is 85.9 cm³/mol. The molecule has 0 heterocycles. The first-order valence-electron chi connectivity index (χ1n) is 9.01. The quantitative estimate of drug-likeness (QED) is 0.123. The summed E-state index contributed by atoms with van der Waals surface area (Å²) >= 11 is 0. The second-order valence-electron chi connectivity index (χ2n) is 7.14. The van der Waals surface area contributed by atoms with Gasteiger partial charge in [0.1, 0.15) is 0 Å². The maximum atomic E-state index is 14.2. The van der Waals surface area contributed by atoms with Gasteiger partial charge in [0.2, 0.25) is 0 Å². The first-order valence-corrected chi connectivity index (χ1v) is 10.7. The average molecular weight is 596 g/mol. The normalized spacial score (nSPS) is 16.0. The van der Waals surface area contributed by atoms with Crippen molar-refractivity contribution in [2.45, 2.75) is 72.9 Å². The SMILES string of the molecule is CO[Si](OC)(OC)C(F)(F)C(F)(F)C(F)(F)C(F)(F)C(F)(F)C(F)(F)C(F)(F)CCCCC(F)(F)F. The van der Waals surface area contributed by atoms with Crippen molar-refractivity contribution in [3.63, 3.8) is 0 Å². The maximum Gasteiger partial charge on any atom is 0.581 e. The van der Waals surface area contributed by atoms with Crippen LogP contribution in [0.3, 0.4) is 0 Å². The summed E-state index contributed by atoms with van der Waals surface area (Å²) in [5, 5.41) is 0. The molecule has 0 radical (unpaired) electrons. The molecule has 0 unspecified atom stereocenters. The van der Waals surface area contributed by atoms with Crippen molar-refractivity contribution in [3.05, 3.63) is 0 Å². The van der Waals surface area contributed by atoms with Crippen LogP contribution >= 0.6 is 0 Å². The minimum absolute atomic E-state index is 0.0571. The Kier molecular flexibility index (Phi) is 9.92. The van der Waals surface area contributed by atoms with E-state index in [1.54, 1.807) is 0 Å². The van der Waals surface area contributed by atoms with Gasteiger partial charge >= 0.3 is 56.1 Å². The predicted octanol–water partition coefficient (Wildman–Crippen LogP) is 6.97. The zero-order valence-corrected chi connectivity index (χ0v) is 19.0. The molecule has 0 N–H and O–H groups in total. The van der Waals surface area contributed by atoms with Crippen LogP contribution in [0.25, 0.3) is 0 Å². The van der Waals surface area contributed by atoms with E-state index in [1.807, 2.05) is 0 Å². The molecule has 0 aliphatic heterocycles. The van der Waals surface area contributed by atoms with Crippen molar-refractivity contribution in [1.82, 2.24) is 0 Å². The molecule has 0 rings (SSSR count). The summed E-state index contributed by atoms with van der Waals surface area (Å²) in [6.45, 7) is 0. The smallest absolute Gasteiger partial charge is 0.373 e. The Labute approximate surface area is 192 Å². The molecule has 0 saturated carbocycles. The molecule has 0 spiro atoms. The molecule has 0 saturated heterocycles. The van der Waals surface area contributed by atoms with Crippen molar-refractivity contribution in [1.29, 1.82) is 0 Å². The number of hydrogen-bond donors (Lipinski definition) is 0. The van der Waals surface area contributed by atoms with Crippen molar-refractivity contribution < 1.29 is 87.9 Å². The Bertz CT molecular complexity index is 725. The van der Waals surface area contributed by atoms with Crippen LogP contribution in [-0.4, -0.2) is 77.4 Å². The van der Waals surface area contributed by atoms with E-state index in [9.17, 15) is 74.6 Å². The molecule has 0 aromatic heterocycles. The van der Waals surface area contributed by atoms with E-state index in [0.29, 0.717) is 0 Å². The van der Waals surface area contributed by atoms with Gasteiger partial charge in [-0.1, -0.05) is 0 Å². The third kappa shape index (κ3) is 5.25. The summed E-state index contributed by atoms with van der Waals surface area (Å²) in [6.07, 6.45) is -12.8. The number of rotatable bonds is 14. The molecule has 0 aliphatic carbocycles. The average Bonchev–Trinajstić information content (AvgIpc) is 2.71. The van der Waals surface area contributed by atoms with Gasteiger partial charge in [0.25, 0.3) is 0 Å². The van der Waals surface area contributed by atoms with Gasteiger partial charge in [-0.15, -0.1) is 0 Å². The third-order valence-electron chi connectivity index (χ3n) is 4.82. The molecular formula is C15H17F17O3Si. The highest BCUT2D eigenvalue weighted by Crippen LogP contribution is 2.63. The van der Waals surface area contributed by atoms with E-state index in [0.717, 1.165) is 0 Å². The van der Waals surface area contributed by atoms with E-state index in [1.165, 1.54) is 0 Å². The van der Waals surface area contributed by atoms with Crippen molar-refractivity contribution in [3.8, 4) is 0 Å². The number of alkyl halides is 17. The van der Waals surface area contributed by atoms with Gasteiger partial charge in [-0.05, 0) is 12.8 Å². The zero-order valence-electron chi connectivity index (χ0n) is 18.0. The Morgan fingerprint density at radius 1 is 0.444 bits per heavy atom. The van der Waals surface area contributed by atoms with E-state index < -0.39 is 81.7 Å². The summed E-state index contributed by atoms with van der Waals surface area (Å²) in [5.74, 6) is -46.6. The van der Waals surface area contributed by atoms with Gasteiger partial charge in [-0.3, -0.25) is 0 Å². The van der Waals surface area contributed by atoms with Crippen LogP contribution in [0.4, 0.5) is 74.6 Å². The molecule has 0 aromatic rings. The monoisotopic (exact) mass is 596 g/mol. The summed E-state index contributed by atoms with van der Waals surface area (Å²) in [7, 11) is -6.35. The minimum atomic E-state index is -8.33. The van der Waals surface area contributed by atoms with Crippen LogP contribution in [0.1, 0.15) is 25.7 Å². The largest absolute Gasteiger partial charge is 0.581 e. The van der Waals surface area contributed by atoms with Gasteiger partial charge in [-0.25, -0.2) is 0 Å². The van der Waals surface area contributed by atoms with Crippen LogP contribution in [0.5, 0.6) is 0 Å². The third-order valence-corrected chi connectivity index (χ3v) is 7.52. The fourth-order valence-electron chi connectivity index (χ4n) is 2.67. The van der Waals surface area contributed by atoms with Crippen molar-refractivity contribution >= 4 is 8.80 Å². The number of halogens is 17. The molecule has 3 nitrogen and oxygen atoms in total. The fourth-order valence-corrected chi connectivity index (χ4v) is 4.49. The van der Waals surface area contributed by atoms with Gasteiger partial charge in [0.15, 0.2) is 0 Å². The lowest BCUT2D eigenvalue weighted by Gasteiger charge is -2.44. The summed E-state index contributed by atoms with van der Waals surface area (Å²) in [6, 6.07) is 0. The lowest BCUT2D eigenvalue weighted by Crippen LogP contribution is -2.77. The lowest BCUT2D eigenvalue weighted by molar-refractivity contribution is -0.438. The highest BCUT2D eigenvalue weighted by molar-refractivity contribution is 6.63. The second kappa shape index (κ2) is 10.2. The highest BCUT2D eigenvalue weighted by atomic mass is 28.4. The first kappa shape index (κ1) is 34.9. The second-order valence-corrected chi connectivity index (χ2v) is 10.1. The van der Waals surface area contributed by atoms with Crippen LogP contribution < -0.4 is 0 Å². The van der Waals surface area contributed by atoms with Crippen LogP contribution in [0.15, 0.2) is 0 Å². The molecule has 0 amide bonds. The molecule has 218 valence electrons. The molecule has 0 bridgehead atoms. The van der Waals surface area contributed by atoms with E-state index in [4.69, 9.17) is 0 Å². The molecule has 0 fully saturated rings. The van der Waals surface area contributed by atoms with Crippen LogP contribution in [0.2, 0.25) is 0 Å². The number of unbranched alkanes of at least 4 members (excludes halogenated alkanes) is 1. The molecule has 0 aromatic carbocycles. The lowest BCUT2D eigenvalue weighted by atomic mass is 9.89. The van der Waals surface area contributed by atoms with E-state index in [2.05, 4.69) is 13.3 Å². The molecule has 21 heteroatoms. The standard InChI is InChI=1S/C15H17F17O3Si/c1-33-36(34-2,35-3)15(31,32)14(29,30)13(27,28)12(25,26)11(23,24)10(21,22)8(16,17)6-4-5-7-9(18,19)20/h4-7H2,1-3H3. The van der Waals surface area contributed by atoms with Crippen LogP contribution in [-0.2, 0) is 13.3 Å². The topological polar surface area (TPSA) is 27.7 Å². The van der Waals surface area contributed by atoms with Gasteiger partial charge in [0.05, 0.1) is 0 Å². The Hall–Kier alpha value is -1.09. The van der Waals surface area contributed by atoms with Crippen molar-refractivity contribution in [2.75, 3.05) is 21.3 Å². The maximum absolute atomic E-state index is 14.2. The summed E-state index contributed by atoms with van der Waals surface area (Å²) in [5.41, 5.74) is -6.75. The Morgan fingerprint density at radius 3 is 1.08 bits per heavy atom. The van der Waals surface area contributed by atoms with Gasteiger partial charge < -0.3 is 13.3 Å². The zero-order chi connectivity index (χ0) is 29.4. The van der Waals surface area contributed by atoms with Crippen molar-refractivity contribution in [2.24, 2.45) is 0 Å². The molecule has 0 atom stereocenters. The highest BCUT2D eigenvalue weighted by Gasteiger charge is 2.95. The first-order chi connectivity index (χ1) is 15.6. The van der Waals surface area contributed by atoms with E-state index >= 15 is 0 Å². The summed E-state index contributed by atoms with van der Waals surface area (Å²) in [4.78, 5) is 0. The van der Waals surface area contributed by atoms with Crippen LogP contribution in [0, 0.1) is 0 Å². The minimum Gasteiger partial charge on any atom is -0.373 e. The molecule has 36 heavy (non-hydrogen) atoms. The van der Waals surface area contributed by atoms with Gasteiger partial charge in [-0.2, -0.15) is 74.6 Å². The Morgan fingerprint density at radius 2 is 0.750 bits per heavy atom.